The molecule has 8 heteroatoms. The van der Waals surface area contributed by atoms with Crippen LogP contribution in [-0.2, 0) is 11.2 Å². The minimum atomic E-state index is -0.487. The molecule has 1 aromatic carbocycles. The molecule has 0 saturated carbocycles. The number of aromatic nitrogens is 3. The molecular weight excluding hydrogens is 331 g/mol. The van der Waals surface area contributed by atoms with E-state index in [2.05, 4.69) is 15.4 Å². The van der Waals surface area contributed by atoms with E-state index < -0.39 is 5.82 Å². The van der Waals surface area contributed by atoms with Crippen LogP contribution in [0.4, 0.5) is 4.39 Å². The van der Waals surface area contributed by atoms with Crippen LogP contribution in [0.3, 0.4) is 0 Å². The van der Waals surface area contributed by atoms with Crippen molar-refractivity contribution in [1.29, 1.82) is 0 Å². The van der Waals surface area contributed by atoms with Crippen LogP contribution in [0, 0.1) is 5.82 Å². The molecule has 24 heavy (non-hydrogen) atoms. The van der Waals surface area contributed by atoms with Crippen LogP contribution in [0.15, 0.2) is 48.1 Å². The number of benzene rings is 1. The number of carbonyl (C=O) groups is 1. The largest absolute Gasteiger partial charge is 0.481 e. The van der Waals surface area contributed by atoms with E-state index >= 15 is 0 Å². The highest BCUT2D eigenvalue weighted by molar-refractivity contribution is 7.12. The molecule has 3 rings (SSSR count). The summed E-state index contributed by atoms with van der Waals surface area (Å²) in [5.41, 5.74) is 0.876. The Balaban J connectivity index is 1.41. The summed E-state index contributed by atoms with van der Waals surface area (Å²) in [7, 11) is 0. The Morgan fingerprint density at radius 3 is 3.00 bits per heavy atom. The maximum absolute atomic E-state index is 13.4. The lowest BCUT2D eigenvalue weighted by molar-refractivity contribution is -0.123. The Hall–Kier alpha value is -2.74. The summed E-state index contributed by atoms with van der Waals surface area (Å²) in [4.78, 5) is 16.2. The molecule has 124 valence electrons. The predicted octanol–water partition coefficient (Wildman–Crippen LogP) is 2.21. The monoisotopic (exact) mass is 346 g/mol. The Bertz CT molecular complexity index is 804. The lowest BCUT2D eigenvalue weighted by Crippen LogP contribution is -2.30. The smallest absolute Gasteiger partial charge is 0.257 e. The number of hydrogen-bond acceptors (Lipinski definition) is 5. The zero-order chi connectivity index (χ0) is 16.8. The van der Waals surface area contributed by atoms with Crippen molar-refractivity contribution in [3.05, 3.63) is 59.6 Å². The van der Waals surface area contributed by atoms with E-state index in [0.29, 0.717) is 13.0 Å². The van der Waals surface area contributed by atoms with Crippen LogP contribution in [0.2, 0.25) is 0 Å². The lowest BCUT2D eigenvalue weighted by Gasteiger charge is -2.07. The average Bonchev–Trinajstić information content (AvgIpc) is 3.25. The quantitative estimate of drug-likeness (QED) is 0.712. The van der Waals surface area contributed by atoms with Gasteiger partial charge < -0.3 is 10.1 Å². The van der Waals surface area contributed by atoms with E-state index in [1.807, 2.05) is 17.6 Å². The molecule has 0 aliphatic heterocycles. The summed E-state index contributed by atoms with van der Waals surface area (Å²) in [6.45, 7) is 0.207. The third-order valence-corrected chi connectivity index (χ3v) is 4.02. The first kappa shape index (κ1) is 16.1. The molecule has 0 aliphatic rings. The van der Waals surface area contributed by atoms with Crippen molar-refractivity contribution in [2.75, 3.05) is 13.2 Å². The molecule has 1 N–H and O–H groups in total. The van der Waals surface area contributed by atoms with Gasteiger partial charge in [-0.05, 0) is 18.2 Å². The summed E-state index contributed by atoms with van der Waals surface area (Å²) in [5.74, 6) is -0.726. The first-order valence-corrected chi connectivity index (χ1v) is 8.19. The van der Waals surface area contributed by atoms with Gasteiger partial charge in [-0.25, -0.2) is 14.1 Å². The first-order valence-electron chi connectivity index (χ1n) is 7.31. The van der Waals surface area contributed by atoms with Gasteiger partial charge in [0.25, 0.3) is 5.91 Å². The van der Waals surface area contributed by atoms with Gasteiger partial charge in [-0.2, -0.15) is 5.10 Å². The second-order valence-electron chi connectivity index (χ2n) is 4.89. The third-order valence-electron chi connectivity index (χ3n) is 3.14. The van der Waals surface area contributed by atoms with Crippen molar-refractivity contribution in [3.63, 3.8) is 0 Å². The molecule has 0 spiro atoms. The number of carbonyl (C=O) groups excluding carboxylic acids is 1. The summed E-state index contributed by atoms with van der Waals surface area (Å²) in [6.07, 6.45) is 4.12. The number of para-hydroxylation sites is 1. The molecule has 0 fully saturated rings. The predicted molar refractivity (Wildman–Crippen MR) is 87.8 cm³/mol. The van der Waals surface area contributed by atoms with Crippen LogP contribution in [0.25, 0.3) is 5.13 Å². The third kappa shape index (κ3) is 4.17. The van der Waals surface area contributed by atoms with Gasteiger partial charge in [-0.3, -0.25) is 4.79 Å². The summed E-state index contributed by atoms with van der Waals surface area (Å²) in [6, 6.07) is 7.81. The number of amides is 1. The van der Waals surface area contributed by atoms with Gasteiger partial charge in [0.1, 0.15) is 0 Å². The normalized spacial score (nSPS) is 10.5. The Morgan fingerprint density at radius 1 is 1.33 bits per heavy atom. The zero-order valence-corrected chi connectivity index (χ0v) is 13.5. The summed E-state index contributed by atoms with van der Waals surface area (Å²) < 4.78 is 20.2. The lowest BCUT2D eigenvalue weighted by atomic mass is 10.3. The molecule has 0 aliphatic carbocycles. The first-order chi connectivity index (χ1) is 11.7. The standard InChI is InChI=1S/C16H15FN4O2S/c17-13-4-1-2-5-14(13)23-10-15(22)18-8-6-12-11-24-16(20-12)21-9-3-7-19-21/h1-5,7,9,11H,6,8,10H2,(H,18,22). The number of halogens is 1. The molecule has 0 radical (unpaired) electrons. The highest BCUT2D eigenvalue weighted by atomic mass is 32.1. The second kappa shape index (κ2) is 7.69. The summed E-state index contributed by atoms with van der Waals surface area (Å²) >= 11 is 1.49. The number of nitrogens with zero attached hydrogens (tertiary/aromatic N) is 3. The molecule has 2 aromatic heterocycles. The molecule has 0 atom stereocenters. The van der Waals surface area contributed by atoms with Crippen LogP contribution in [0.5, 0.6) is 5.75 Å². The molecule has 6 nitrogen and oxygen atoms in total. The highest BCUT2D eigenvalue weighted by Crippen LogP contribution is 2.15. The van der Waals surface area contributed by atoms with E-state index in [9.17, 15) is 9.18 Å². The van der Waals surface area contributed by atoms with Crippen molar-refractivity contribution >= 4 is 17.2 Å². The van der Waals surface area contributed by atoms with Gasteiger partial charge in [-0.15, -0.1) is 11.3 Å². The number of ether oxygens (including phenoxy) is 1. The van der Waals surface area contributed by atoms with Crippen LogP contribution in [-0.4, -0.2) is 33.8 Å². The van der Waals surface area contributed by atoms with Crippen molar-refractivity contribution in [3.8, 4) is 10.9 Å². The van der Waals surface area contributed by atoms with Crippen molar-refractivity contribution in [2.45, 2.75) is 6.42 Å². The highest BCUT2D eigenvalue weighted by Gasteiger charge is 2.07. The average molecular weight is 346 g/mol. The number of hydrogen-bond donors (Lipinski definition) is 1. The fourth-order valence-corrected chi connectivity index (χ4v) is 2.78. The minimum Gasteiger partial charge on any atom is -0.481 e. The van der Waals surface area contributed by atoms with Gasteiger partial charge >= 0.3 is 0 Å². The SMILES string of the molecule is O=C(COc1ccccc1F)NCCc1csc(-n2cccn2)n1. The van der Waals surface area contributed by atoms with E-state index in [1.165, 1.54) is 23.5 Å². The molecule has 1 amide bonds. The maximum Gasteiger partial charge on any atom is 0.257 e. The zero-order valence-electron chi connectivity index (χ0n) is 12.7. The number of rotatable bonds is 7. The van der Waals surface area contributed by atoms with E-state index in [0.717, 1.165) is 10.8 Å². The molecule has 3 aromatic rings. The fraction of sp³-hybridized carbons (Fsp3) is 0.188. The number of thiazole rings is 1. The van der Waals surface area contributed by atoms with E-state index in [1.54, 1.807) is 23.0 Å². The van der Waals surface area contributed by atoms with E-state index in [4.69, 9.17) is 4.74 Å². The van der Waals surface area contributed by atoms with Crippen molar-refractivity contribution < 1.29 is 13.9 Å². The second-order valence-corrected chi connectivity index (χ2v) is 5.73. The van der Waals surface area contributed by atoms with Crippen LogP contribution >= 0.6 is 11.3 Å². The molecule has 0 bridgehead atoms. The molecule has 0 unspecified atom stereocenters. The van der Waals surface area contributed by atoms with Crippen molar-refractivity contribution in [2.24, 2.45) is 0 Å². The fourth-order valence-electron chi connectivity index (χ4n) is 1.98. The van der Waals surface area contributed by atoms with Crippen LogP contribution in [0.1, 0.15) is 5.69 Å². The Labute approximate surface area is 141 Å². The molecular formula is C16H15FN4O2S. The Kier molecular flexibility index (Phi) is 5.17. The number of nitrogens with one attached hydrogen (secondary N) is 1. The van der Waals surface area contributed by atoms with Gasteiger partial charge in [0.2, 0.25) is 5.13 Å². The van der Waals surface area contributed by atoms with Gasteiger partial charge in [-0.1, -0.05) is 12.1 Å². The van der Waals surface area contributed by atoms with Gasteiger partial charge in [0.05, 0.1) is 5.69 Å². The van der Waals surface area contributed by atoms with E-state index in [-0.39, 0.29) is 18.3 Å². The van der Waals surface area contributed by atoms with Gasteiger partial charge in [0, 0.05) is 30.7 Å². The minimum absolute atomic E-state index is 0.0658. The molecule has 0 saturated heterocycles. The maximum atomic E-state index is 13.4. The van der Waals surface area contributed by atoms with Crippen molar-refractivity contribution in [1.82, 2.24) is 20.1 Å². The summed E-state index contributed by atoms with van der Waals surface area (Å²) in [5, 5.41) is 9.55. The Morgan fingerprint density at radius 2 is 2.21 bits per heavy atom. The van der Waals surface area contributed by atoms with Crippen LogP contribution < -0.4 is 10.1 Å². The topological polar surface area (TPSA) is 69.0 Å². The van der Waals surface area contributed by atoms with Gasteiger partial charge in [0.15, 0.2) is 18.2 Å². The molecule has 2 heterocycles.